The van der Waals surface area contributed by atoms with E-state index in [0.717, 1.165) is 34.6 Å². The van der Waals surface area contributed by atoms with Crippen LogP contribution in [-0.2, 0) is 49.5 Å². The van der Waals surface area contributed by atoms with Gasteiger partial charge in [-0.3, -0.25) is 38.5 Å². The Kier molecular flexibility index (Phi) is 12.0. The number of nitrogens with zero attached hydrogens (tertiary/aromatic N) is 1. The lowest BCUT2D eigenvalue weighted by atomic mass is 9.46. The summed E-state index contributed by atoms with van der Waals surface area (Å²) >= 11 is 0. The predicted octanol–water partition coefficient (Wildman–Crippen LogP) is 3.94. The van der Waals surface area contributed by atoms with E-state index in [1.165, 1.54) is 13.0 Å². The summed E-state index contributed by atoms with van der Waals surface area (Å²) < 4.78 is 13.3. The van der Waals surface area contributed by atoms with E-state index < -0.39 is 82.9 Å². The first-order valence-corrected chi connectivity index (χ1v) is 22.1. The van der Waals surface area contributed by atoms with Crippen LogP contribution < -0.4 is 10.6 Å². The van der Waals surface area contributed by atoms with Crippen LogP contribution in [0.1, 0.15) is 89.2 Å². The fourth-order valence-corrected chi connectivity index (χ4v) is 11.8. The number of allylic oxidation sites excluding steroid dienone is 4. The molecule has 2 aromatic carbocycles. The summed E-state index contributed by atoms with van der Waals surface area (Å²) in [6.07, 6.45) is 7.10. The number of aromatic hydroxyl groups is 1. The second kappa shape index (κ2) is 17.1. The molecule has 3 saturated carbocycles. The molecule has 4 amide bonds. The van der Waals surface area contributed by atoms with Gasteiger partial charge in [0.25, 0.3) is 11.8 Å². The molecule has 11 atom stereocenters. The zero-order chi connectivity index (χ0) is 45.9. The predicted molar refractivity (Wildman–Crippen MR) is 230 cm³/mol. The molecule has 64 heavy (non-hydrogen) atoms. The minimum absolute atomic E-state index is 0.0193. The number of imide groups is 1. The molecular formula is C49H55N3O12. The van der Waals surface area contributed by atoms with Crippen molar-refractivity contribution in [2.45, 2.75) is 103 Å². The molecule has 4 fully saturated rings. The number of phenols is 1. The van der Waals surface area contributed by atoms with Gasteiger partial charge < -0.3 is 35.4 Å². The van der Waals surface area contributed by atoms with Gasteiger partial charge in [0.15, 0.2) is 29.2 Å². The molecule has 0 spiro atoms. The summed E-state index contributed by atoms with van der Waals surface area (Å²) in [6, 6.07) is 11.2. The van der Waals surface area contributed by atoms with Crippen molar-refractivity contribution < 1.29 is 58.4 Å². The van der Waals surface area contributed by atoms with Crippen LogP contribution in [0.3, 0.4) is 0 Å². The maximum absolute atomic E-state index is 14.0. The summed E-state index contributed by atoms with van der Waals surface area (Å²) in [7, 11) is 0. The zero-order valence-electron chi connectivity index (χ0n) is 36.4. The Labute approximate surface area is 370 Å². The standard InChI is InChI=1S/C49H55N3O12/c1-26(18-36(55)27(2)50-41(59)15-17-52-42(60)12-13-43(52)61)45(62)51-32-7-5-6-28(20-32)19-29-8-9-30(21-37(29)56)46-63-40-23-35-34-11-10-31-22-33(54)14-16-47(31,3)44(34)38(57)24-48(35,4)49(40,64-46)39(58)25-53/h5-9,12-14,16,20-22,26-27,34-35,38,40,44,46,53,56-57H,10-11,15,17-19,23-25H2,1-4H3,(H,50,59)(H,51,62)/t26-,27+,34+,35+,38+,40?,44-,46?,47+,48+,49-/m1/s1. The van der Waals surface area contributed by atoms with Gasteiger partial charge in [-0.15, -0.1) is 0 Å². The molecular weight excluding hydrogens is 823 g/mol. The fourth-order valence-electron chi connectivity index (χ4n) is 11.8. The highest BCUT2D eigenvalue weighted by atomic mass is 16.7. The van der Waals surface area contributed by atoms with Crippen molar-refractivity contribution >= 4 is 46.7 Å². The van der Waals surface area contributed by atoms with E-state index in [2.05, 4.69) is 17.6 Å². The number of ketones is 3. The number of phenolic OH excluding ortho intramolecular Hbond substituents is 1. The van der Waals surface area contributed by atoms with Crippen LogP contribution in [0.2, 0.25) is 0 Å². The van der Waals surface area contributed by atoms with Crippen molar-refractivity contribution in [2.24, 2.45) is 34.5 Å². The first kappa shape index (κ1) is 45.0. The van der Waals surface area contributed by atoms with Gasteiger partial charge in [0, 0.05) is 71.9 Å². The first-order chi connectivity index (χ1) is 30.4. The molecule has 5 N–H and O–H groups in total. The molecule has 0 radical (unpaired) electrons. The number of ether oxygens (including phenoxy) is 2. The number of aliphatic hydroxyl groups excluding tert-OH is 2. The number of fused-ring (bicyclic) bond motifs is 7. The number of rotatable bonds is 14. The minimum atomic E-state index is -1.53. The fraction of sp³-hybridized carbons (Fsp3) is 0.490. The third kappa shape index (κ3) is 7.75. The van der Waals surface area contributed by atoms with Gasteiger partial charge >= 0.3 is 0 Å². The quantitative estimate of drug-likeness (QED) is 0.170. The monoisotopic (exact) mass is 877 g/mol. The molecule has 2 heterocycles. The van der Waals surface area contributed by atoms with Crippen LogP contribution >= 0.6 is 0 Å². The van der Waals surface area contributed by atoms with Crippen molar-refractivity contribution in [3.63, 3.8) is 0 Å². The topological polar surface area (TPSA) is 226 Å². The van der Waals surface area contributed by atoms with Crippen molar-refractivity contribution in [3.8, 4) is 5.75 Å². The van der Waals surface area contributed by atoms with E-state index in [9.17, 15) is 48.9 Å². The number of hydrogen-bond donors (Lipinski definition) is 5. The van der Waals surface area contributed by atoms with E-state index in [1.54, 1.807) is 49.4 Å². The van der Waals surface area contributed by atoms with E-state index in [-0.39, 0.29) is 60.9 Å². The summed E-state index contributed by atoms with van der Waals surface area (Å²) in [4.78, 5) is 89.1. The molecule has 338 valence electrons. The highest BCUT2D eigenvalue weighted by Gasteiger charge is 2.76. The van der Waals surface area contributed by atoms with Crippen LogP contribution in [0.25, 0.3) is 0 Å². The Bertz CT molecular complexity index is 2390. The molecule has 0 aromatic heterocycles. The molecule has 6 aliphatic rings. The van der Waals surface area contributed by atoms with Crippen LogP contribution in [0.5, 0.6) is 5.75 Å². The van der Waals surface area contributed by atoms with E-state index >= 15 is 0 Å². The van der Waals surface area contributed by atoms with Crippen LogP contribution in [0.15, 0.2) is 78.4 Å². The maximum atomic E-state index is 14.0. The van der Waals surface area contributed by atoms with Gasteiger partial charge in [-0.25, -0.2) is 0 Å². The number of nitrogens with one attached hydrogen (secondary N) is 2. The minimum Gasteiger partial charge on any atom is -0.508 e. The van der Waals surface area contributed by atoms with Gasteiger partial charge in [0.1, 0.15) is 12.4 Å². The maximum Gasteiger partial charge on any atom is 0.253 e. The van der Waals surface area contributed by atoms with Crippen LogP contribution in [0, 0.1) is 34.5 Å². The van der Waals surface area contributed by atoms with E-state index in [1.807, 2.05) is 19.1 Å². The second-order valence-corrected chi connectivity index (χ2v) is 18.9. The van der Waals surface area contributed by atoms with Gasteiger partial charge in [0.05, 0.1) is 18.2 Å². The summed E-state index contributed by atoms with van der Waals surface area (Å²) in [6.45, 7) is 6.29. The lowest BCUT2D eigenvalue weighted by Crippen LogP contribution is -2.63. The number of aliphatic hydroxyl groups is 2. The van der Waals surface area contributed by atoms with Gasteiger partial charge in [-0.05, 0) is 85.9 Å². The number of anilines is 1. The van der Waals surface area contributed by atoms with Gasteiger partial charge in [-0.2, -0.15) is 0 Å². The third-order valence-electron chi connectivity index (χ3n) is 15.0. The molecule has 15 heteroatoms. The van der Waals surface area contributed by atoms with E-state index in [0.29, 0.717) is 36.1 Å². The lowest BCUT2D eigenvalue weighted by molar-refractivity contribution is -0.201. The molecule has 2 aliphatic heterocycles. The number of hydrogen-bond acceptors (Lipinski definition) is 12. The van der Waals surface area contributed by atoms with Crippen molar-refractivity contribution in [1.82, 2.24) is 10.2 Å². The van der Waals surface area contributed by atoms with Gasteiger partial charge in [0.2, 0.25) is 11.8 Å². The SMILES string of the molecule is C[C@H](CC(=O)[C@H](C)NC(=O)CCN1C(=O)C=CC1=O)C(=O)Nc1cccc(Cc2ccc(C3OC4C[C@H]5[C@@H]6CCC7=CC(=O)C=C[C@]7(C)[C@H]6[C@@H](O)C[C@]5(C)[C@]4(C(=O)CO)O3)cc2O)c1. The average Bonchev–Trinajstić information content (AvgIpc) is 3.88. The Morgan fingerprint density at radius 3 is 2.47 bits per heavy atom. The molecule has 4 aliphatic carbocycles. The van der Waals surface area contributed by atoms with Crippen LogP contribution in [0.4, 0.5) is 5.69 Å². The Morgan fingerprint density at radius 1 is 1.00 bits per heavy atom. The molecule has 2 aromatic rings. The van der Waals surface area contributed by atoms with E-state index in [4.69, 9.17) is 9.47 Å². The lowest BCUT2D eigenvalue weighted by Gasteiger charge is -2.59. The van der Waals surface area contributed by atoms with Crippen molar-refractivity contribution in [3.05, 3.63) is 95.1 Å². The third-order valence-corrected chi connectivity index (χ3v) is 15.0. The number of amides is 4. The second-order valence-electron chi connectivity index (χ2n) is 18.9. The summed E-state index contributed by atoms with van der Waals surface area (Å²) in [5, 5.41) is 39.0. The zero-order valence-corrected chi connectivity index (χ0v) is 36.4. The number of Topliss-reactive ketones (excluding diaryl/α,β-unsaturated/α-hetero) is 2. The molecule has 15 nitrogen and oxygen atoms in total. The smallest absolute Gasteiger partial charge is 0.253 e. The number of benzene rings is 2. The Balaban J connectivity index is 0.887. The number of carbonyl (C=O) groups is 7. The van der Waals surface area contributed by atoms with Crippen molar-refractivity contribution in [2.75, 3.05) is 18.5 Å². The highest BCUT2D eigenvalue weighted by molar-refractivity contribution is 6.13. The summed E-state index contributed by atoms with van der Waals surface area (Å²) in [5.41, 5.74) is 0.436. The Hall–Kier alpha value is -5.61. The average molecular weight is 878 g/mol. The largest absolute Gasteiger partial charge is 0.508 e. The first-order valence-electron chi connectivity index (χ1n) is 22.1. The molecule has 8 rings (SSSR count). The molecule has 1 saturated heterocycles. The van der Waals surface area contributed by atoms with Crippen molar-refractivity contribution in [1.29, 1.82) is 0 Å². The van der Waals surface area contributed by atoms with Gasteiger partial charge in [-0.1, -0.05) is 56.7 Å². The Morgan fingerprint density at radius 2 is 1.75 bits per heavy atom. The highest BCUT2D eigenvalue weighted by Crippen LogP contribution is 2.70. The summed E-state index contributed by atoms with van der Waals surface area (Å²) in [5.74, 6) is -3.81. The normalized spacial score (nSPS) is 32.2. The number of carbonyl (C=O) groups excluding carboxylic acids is 7. The molecule has 0 bridgehead atoms. The molecule has 2 unspecified atom stereocenters. The van der Waals surface area contributed by atoms with Crippen LogP contribution in [-0.4, -0.2) is 98.2 Å².